The van der Waals surface area contributed by atoms with Gasteiger partial charge in [-0.25, -0.2) is 0 Å². The maximum atomic E-state index is 7.78. The first kappa shape index (κ1) is 11.1. The first-order valence-electron chi connectivity index (χ1n) is 4.25. The summed E-state index contributed by atoms with van der Waals surface area (Å²) < 4.78 is 0. The van der Waals surface area contributed by atoms with Gasteiger partial charge in [0.1, 0.15) is 0 Å². The molecule has 0 atom stereocenters. The molecule has 1 N–H and O–H groups in total. The minimum Gasteiger partial charge on any atom is -0.305 e. The molecule has 0 fully saturated rings. The number of hydrogen-bond acceptors (Lipinski definition) is 2. The van der Waals surface area contributed by atoms with Crippen molar-refractivity contribution < 1.29 is 0 Å². The fourth-order valence-electron chi connectivity index (χ4n) is 0.961. The molecule has 0 aliphatic rings. The van der Waals surface area contributed by atoms with Crippen LogP contribution in [0.2, 0.25) is 0 Å². The fourth-order valence-corrected chi connectivity index (χ4v) is 0.961. The Morgan fingerprint density at radius 1 is 1.25 bits per heavy atom. The summed E-state index contributed by atoms with van der Waals surface area (Å²) in [7, 11) is 0. The highest BCUT2D eigenvalue weighted by atomic mass is 14.6. The van der Waals surface area contributed by atoms with Crippen LogP contribution in [-0.2, 0) is 0 Å². The smallest absolute Gasteiger partial charge is 0.0389 e. The van der Waals surface area contributed by atoms with Crippen molar-refractivity contribution in [1.82, 2.24) is 0 Å². The third-order valence-corrected chi connectivity index (χ3v) is 1.74. The number of nitrogens with zero attached hydrogens (tertiary/aromatic N) is 1. The van der Waals surface area contributed by atoms with Crippen LogP contribution in [0.3, 0.4) is 0 Å². The van der Waals surface area contributed by atoms with Gasteiger partial charge < -0.3 is 5.41 Å². The zero-order valence-electron chi connectivity index (χ0n) is 8.39. The van der Waals surface area contributed by atoms with Crippen LogP contribution in [0, 0.1) is 17.2 Å². The van der Waals surface area contributed by atoms with E-state index < -0.39 is 0 Å². The summed E-state index contributed by atoms with van der Waals surface area (Å²) in [6.07, 6.45) is 1.69. The predicted molar refractivity (Wildman–Crippen MR) is 55.0 cm³/mol. The Balaban J connectivity index is 4.64. The topological polar surface area (TPSA) is 36.2 Å². The van der Waals surface area contributed by atoms with Crippen LogP contribution >= 0.6 is 0 Å². The summed E-state index contributed by atoms with van der Waals surface area (Å²) in [5.74, 6) is 0.616. The summed E-state index contributed by atoms with van der Waals surface area (Å²) >= 11 is 0. The maximum absolute atomic E-state index is 7.78. The number of allylic oxidation sites excluding steroid dienone is 1. The molecule has 2 nitrogen and oxygen atoms in total. The molecule has 2 heteroatoms. The van der Waals surface area contributed by atoms with Crippen LogP contribution in [0.4, 0.5) is 0 Å². The molecule has 68 valence electrons. The largest absolute Gasteiger partial charge is 0.305 e. The molecule has 0 saturated heterocycles. The molecule has 0 rings (SSSR count). The lowest BCUT2D eigenvalue weighted by atomic mass is 9.93. The van der Waals surface area contributed by atoms with E-state index in [1.807, 2.05) is 13.8 Å². The lowest BCUT2D eigenvalue weighted by Crippen LogP contribution is -2.13. The van der Waals surface area contributed by atoms with E-state index in [2.05, 4.69) is 25.6 Å². The van der Waals surface area contributed by atoms with E-state index in [0.717, 1.165) is 5.57 Å². The van der Waals surface area contributed by atoms with Crippen LogP contribution in [0.25, 0.3) is 0 Å². The van der Waals surface area contributed by atoms with Crippen molar-refractivity contribution in [3.8, 4) is 0 Å². The molecule has 0 radical (unpaired) electrons. The standard InChI is InChI=1S/C10H18N2/c1-7(2)9(6-12-5)10(11)8(3)4/h6-8,11H,5H2,1-4H3/b9-6-,11-10?. The second-order valence-corrected chi connectivity index (χ2v) is 3.49. The van der Waals surface area contributed by atoms with E-state index in [1.165, 1.54) is 0 Å². The van der Waals surface area contributed by atoms with Gasteiger partial charge in [0, 0.05) is 11.9 Å². The van der Waals surface area contributed by atoms with Crippen molar-refractivity contribution in [3.05, 3.63) is 11.8 Å². The number of nitrogens with one attached hydrogen (secondary N) is 1. The molecular weight excluding hydrogens is 148 g/mol. The molecule has 0 spiro atoms. The third-order valence-electron chi connectivity index (χ3n) is 1.74. The highest BCUT2D eigenvalue weighted by Gasteiger charge is 2.12. The van der Waals surface area contributed by atoms with Gasteiger partial charge in [0.15, 0.2) is 0 Å². The molecule has 0 aromatic heterocycles. The van der Waals surface area contributed by atoms with Gasteiger partial charge in [-0.15, -0.1) is 0 Å². The van der Waals surface area contributed by atoms with Crippen LogP contribution in [0.15, 0.2) is 16.8 Å². The van der Waals surface area contributed by atoms with Gasteiger partial charge in [-0.3, -0.25) is 4.99 Å². The Labute approximate surface area is 74.9 Å². The van der Waals surface area contributed by atoms with E-state index >= 15 is 0 Å². The lowest BCUT2D eigenvalue weighted by Gasteiger charge is -2.14. The number of aliphatic imine (C=N–C) groups is 1. The van der Waals surface area contributed by atoms with Crippen LogP contribution < -0.4 is 0 Å². The molecule has 0 unspecified atom stereocenters. The summed E-state index contributed by atoms with van der Waals surface area (Å²) in [4.78, 5) is 3.71. The maximum Gasteiger partial charge on any atom is 0.0389 e. The second kappa shape index (κ2) is 4.86. The van der Waals surface area contributed by atoms with Gasteiger partial charge in [0.25, 0.3) is 0 Å². The molecule has 0 aliphatic heterocycles. The monoisotopic (exact) mass is 166 g/mol. The van der Waals surface area contributed by atoms with E-state index in [1.54, 1.807) is 6.20 Å². The van der Waals surface area contributed by atoms with Crippen LogP contribution in [-0.4, -0.2) is 12.4 Å². The quantitative estimate of drug-likeness (QED) is 0.623. The highest BCUT2D eigenvalue weighted by Crippen LogP contribution is 2.15. The van der Waals surface area contributed by atoms with Crippen molar-refractivity contribution >= 4 is 12.4 Å². The summed E-state index contributed by atoms with van der Waals surface area (Å²) in [6, 6.07) is 0. The SMILES string of the molecule is C=N/C=C(\C(=N)C(C)C)C(C)C. The molecule has 0 heterocycles. The minimum absolute atomic E-state index is 0.264. The molecule has 12 heavy (non-hydrogen) atoms. The van der Waals surface area contributed by atoms with Crippen molar-refractivity contribution in [2.75, 3.05) is 0 Å². The van der Waals surface area contributed by atoms with Crippen LogP contribution in [0.1, 0.15) is 27.7 Å². The minimum atomic E-state index is 0.264. The van der Waals surface area contributed by atoms with Gasteiger partial charge in [0.05, 0.1) is 0 Å². The Bertz CT molecular complexity index is 200. The van der Waals surface area contributed by atoms with E-state index in [4.69, 9.17) is 5.41 Å². The average molecular weight is 166 g/mol. The zero-order valence-corrected chi connectivity index (χ0v) is 8.39. The van der Waals surface area contributed by atoms with Gasteiger partial charge in [-0.05, 0) is 24.1 Å². The Morgan fingerprint density at radius 3 is 2.00 bits per heavy atom. The Morgan fingerprint density at radius 2 is 1.75 bits per heavy atom. The Kier molecular flexibility index (Phi) is 4.49. The lowest BCUT2D eigenvalue weighted by molar-refractivity contribution is 0.768. The molecule has 0 aromatic carbocycles. The molecule has 0 aliphatic carbocycles. The molecule has 0 saturated carbocycles. The Hall–Kier alpha value is -0.920. The van der Waals surface area contributed by atoms with E-state index in [-0.39, 0.29) is 5.92 Å². The normalized spacial score (nSPS) is 12.3. The number of hydrogen-bond donors (Lipinski definition) is 1. The van der Waals surface area contributed by atoms with Crippen molar-refractivity contribution in [2.45, 2.75) is 27.7 Å². The predicted octanol–water partition coefficient (Wildman–Crippen LogP) is 2.90. The van der Waals surface area contributed by atoms with Gasteiger partial charge >= 0.3 is 0 Å². The van der Waals surface area contributed by atoms with Gasteiger partial charge in [-0.2, -0.15) is 0 Å². The summed E-state index contributed by atoms with van der Waals surface area (Å²) in [6.45, 7) is 11.6. The van der Waals surface area contributed by atoms with E-state index in [9.17, 15) is 0 Å². The zero-order chi connectivity index (χ0) is 9.72. The first-order valence-corrected chi connectivity index (χ1v) is 4.25. The number of rotatable bonds is 4. The van der Waals surface area contributed by atoms with Crippen molar-refractivity contribution in [1.29, 1.82) is 5.41 Å². The third kappa shape index (κ3) is 2.99. The molecule has 0 aromatic rings. The molecular formula is C10H18N2. The van der Waals surface area contributed by atoms with E-state index in [0.29, 0.717) is 11.6 Å². The van der Waals surface area contributed by atoms with Gasteiger partial charge in [0.2, 0.25) is 0 Å². The van der Waals surface area contributed by atoms with Crippen molar-refractivity contribution in [3.63, 3.8) is 0 Å². The fraction of sp³-hybridized carbons (Fsp3) is 0.600. The molecule has 0 bridgehead atoms. The first-order chi connectivity index (χ1) is 5.50. The van der Waals surface area contributed by atoms with Crippen molar-refractivity contribution in [2.24, 2.45) is 16.8 Å². The summed E-state index contributed by atoms with van der Waals surface area (Å²) in [5.41, 5.74) is 1.65. The van der Waals surface area contributed by atoms with Gasteiger partial charge in [-0.1, -0.05) is 27.7 Å². The highest BCUT2D eigenvalue weighted by molar-refractivity contribution is 5.99. The van der Waals surface area contributed by atoms with Crippen LogP contribution in [0.5, 0.6) is 0 Å². The average Bonchev–Trinajstić information content (AvgIpc) is 1.98. The summed E-state index contributed by atoms with van der Waals surface area (Å²) in [5, 5.41) is 7.78. The second-order valence-electron chi connectivity index (χ2n) is 3.49. The molecule has 0 amide bonds.